The molecular weight excluding hydrogens is 641 g/mol. The number of phosphoric ester groups is 1. The van der Waals surface area contributed by atoms with E-state index in [0.29, 0.717) is 5.56 Å². The number of hydrogen-bond acceptors (Lipinski definition) is 14. The lowest BCUT2D eigenvalue weighted by atomic mass is 10.0. The minimum Gasteiger partial charge on any atom is -0.456 e. The number of rotatable bonds is 12. The first kappa shape index (κ1) is 32.6. The van der Waals surface area contributed by atoms with Crippen LogP contribution >= 0.6 is 23.5 Å². The first-order valence-electron chi connectivity index (χ1n) is 11.8. The van der Waals surface area contributed by atoms with Gasteiger partial charge in [0.2, 0.25) is 0 Å². The second-order valence-electron chi connectivity index (χ2n) is 8.75. The van der Waals surface area contributed by atoms with Crippen LogP contribution in [-0.2, 0) is 36.3 Å². The third-order valence-corrected chi connectivity index (χ3v) is 9.61. The van der Waals surface area contributed by atoms with Gasteiger partial charge in [-0.2, -0.15) is 8.62 Å². The van der Waals surface area contributed by atoms with Gasteiger partial charge in [0.25, 0.3) is 0 Å². The number of anilines is 1. The van der Waals surface area contributed by atoms with Crippen molar-refractivity contribution >= 4 is 46.4 Å². The monoisotopic (exact) mass is 664 g/mol. The van der Waals surface area contributed by atoms with Crippen molar-refractivity contribution in [3.63, 3.8) is 0 Å². The molecule has 6 N–H and O–H groups in total. The molecule has 2 aromatic heterocycles. The maximum atomic E-state index is 13.2. The van der Waals surface area contributed by atoms with Gasteiger partial charge in [-0.25, -0.2) is 33.4 Å². The fraction of sp³-hybridized carbons (Fsp3) is 0.368. The summed E-state index contributed by atoms with van der Waals surface area (Å²) < 4.78 is 60.1. The largest absolute Gasteiger partial charge is 0.490 e. The molecule has 0 spiro atoms. The zero-order valence-electron chi connectivity index (χ0n) is 21.7. The highest BCUT2D eigenvalue weighted by molar-refractivity contribution is 7.66. The lowest BCUT2D eigenvalue weighted by molar-refractivity contribution is -0.0490. The number of nitrogens with zero attached hydrogens (tertiary/aromatic N) is 7. The minimum atomic E-state index is -5.78. The van der Waals surface area contributed by atoms with Gasteiger partial charge in [0, 0.05) is 11.3 Å². The highest BCUT2D eigenvalue weighted by Gasteiger charge is 2.44. The van der Waals surface area contributed by atoms with Crippen molar-refractivity contribution in [1.29, 1.82) is 0 Å². The molecule has 232 valence electrons. The summed E-state index contributed by atoms with van der Waals surface area (Å²) in [5, 5.41) is 3.59. The molecule has 0 aliphatic carbocycles. The summed E-state index contributed by atoms with van der Waals surface area (Å²) in [6, 6.07) is 5.40. The number of ether oxygens (including phenoxy) is 2. The molecule has 3 heterocycles. The molecular formula is C19H23N8O13P3. The summed E-state index contributed by atoms with van der Waals surface area (Å²) in [4.78, 5) is 64.9. The number of hydrogen-bond donors (Lipinski definition) is 5. The number of nitrogen functional groups attached to an aromatic ring is 1. The normalized spacial score (nSPS) is 22.3. The van der Waals surface area contributed by atoms with E-state index in [1.165, 1.54) is 23.3 Å². The molecule has 0 radical (unpaired) electrons. The predicted molar refractivity (Wildman–Crippen MR) is 141 cm³/mol. The van der Waals surface area contributed by atoms with E-state index in [4.69, 9.17) is 35.0 Å². The van der Waals surface area contributed by atoms with Crippen molar-refractivity contribution in [3.05, 3.63) is 58.5 Å². The molecule has 43 heavy (non-hydrogen) atoms. The maximum Gasteiger partial charge on any atom is 0.490 e. The van der Waals surface area contributed by atoms with Crippen LogP contribution in [-0.4, -0.2) is 63.9 Å². The smallest absolute Gasteiger partial charge is 0.456 e. The summed E-state index contributed by atoms with van der Waals surface area (Å²) in [5.74, 6) is -0.810. The fourth-order valence-electron chi connectivity index (χ4n) is 4.08. The van der Waals surface area contributed by atoms with Gasteiger partial charge in [0.05, 0.1) is 24.5 Å². The van der Waals surface area contributed by atoms with Crippen LogP contribution in [0.1, 0.15) is 41.5 Å². The van der Waals surface area contributed by atoms with Crippen LogP contribution in [0.4, 0.5) is 5.82 Å². The van der Waals surface area contributed by atoms with E-state index in [-0.39, 0.29) is 29.0 Å². The van der Waals surface area contributed by atoms with Crippen LogP contribution in [0.15, 0.2) is 42.0 Å². The zero-order valence-corrected chi connectivity index (χ0v) is 24.4. The number of benzene rings is 1. The highest BCUT2D eigenvalue weighted by Crippen LogP contribution is 2.66. The van der Waals surface area contributed by atoms with Gasteiger partial charge < -0.3 is 34.8 Å². The highest BCUT2D eigenvalue weighted by atomic mass is 31.3. The van der Waals surface area contributed by atoms with Crippen LogP contribution in [0.3, 0.4) is 0 Å². The van der Waals surface area contributed by atoms with E-state index in [0.717, 1.165) is 0 Å². The summed E-state index contributed by atoms with van der Waals surface area (Å²) in [6.45, 7) is 0.655. The van der Waals surface area contributed by atoms with Gasteiger partial charge in [-0.15, -0.1) is 0 Å². The number of phosphoric acid groups is 3. The van der Waals surface area contributed by atoms with Crippen molar-refractivity contribution in [2.24, 2.45) is 5.11 Å². The van der Waals surface area contributed by atoms with Crippen LogP contribution in [0, 0.1) is 0 Å². The number of aromatic nitrogens is 4. The topological polar surface area (TPSA) is 314 Å². The third kappa shape index (κ3) is 8.21. The Labute approximate surface area is 240 Å². The first-order chi connectivity index (χ1) is 20.1. The number of azide groups is 1. The van der Waals surface area contributed by atoms with E-state index >= 15 is 0 Å². The third-order valence-electron chi connectivity index (χ3n) is 5.81. The molecule has 1 saturated heterocycles. The number of carbonyl (C=O) groups is 1. The lowest BCUT2D eigenvalue weighted by Crippen LogP contribution is -2.31. The van der Waals surface area contributed by atoms with Gasteiger partial charge in [0.1, 0.15) is 30.3 Å². The van der Waals surface area contributed by atoms with Gasteiger partial charge in [-0.05, 0) is 17.2 Å². The van der Waals surface area contributed by atoms with Crippen LogP contribution in [0.5, 0.6) is 0 Å². The molecule has 3 aromatic rings. The Morgan fingerprint density at radius 1 is 1.19 bits per heavy atom. The molecule has 1 aliphatic heterocycles. The van der Waals surface area contributed by atoms with Crippen LogP contribution in [0.2, 0.25) is 0 Å². The van der Waals surface area contributed by atoms with Gasteiger partial charge >= 0.3 is 29.4 Å². The van der Waals surface area contributed by atoms with Gasteiger partial charge in [0.15, 0.2) is 11.5 Å². The van der Waals surface area contributed by atoms with E-state index in [9.17, 15) is 28.3 Å². The Morgan fingerprint density at radius 2 is 1.91 bits per heavy atom. The second kappa shape index (κ2) is 12.8. The summed E-state index contributed by atoms with van der Waals surface area (Å²) in [7, 11) is -16.9. The Hall–Kier alpha value is -3.28. The van der Waals surface area contributed by atoms with E-state index in [2.05, 4.69) is 33.6 Å². The number of esters is 1. The molecule has 1 aromatic carbocycles. The van der Waals surface area contributed by atoms with Gasteiger partial charge in [-0.1, -0.05) is 30.2 Å². The number of carbonyl (C=O) groups excluding carboxylic acids is 1. The van der Waals surface area contributed by atoms with E-state index in [1.807, 2.05) is 0 Å². The SMILES string of the molecule is CC(N=[N+]=[N-])c1ccccc1C(=O)O[C@@H]1C[C@H](n2cnc3c(N)ncnc32)O[C@@H]1COP(=O)(O)OP(=O)(O)OP(=O)(O)O. The maximum absolute atomic E-state index is 13.2. The Kier molecular flexibility index (Phi) is 9.68. The number of imidazole rings is 1. The number of nitrogens with two attached hydrogens (primary N) is 1. The average molecular weight is 664 g/mol. The molecule has 0 saturated carbocycles. The summed E-state index contributed by atoms with van der Waals surface area (Å²) >= 11 is 0. The Bertz CT molecular complexity index is 1710. The molecule has 1 fully saturated rings. The van der Waals surface area contributed by atoms with Crippen LogP contribution in [0.25, 0.3) is 21.6 Å². The average Bonchev–Trinajstić information content (AvgIpc) is 3.50. The fourth-order valence-corrected chi connectivity index (χ4v) is 7.11. The van der Waals surface area contributed by atoms with Crippen molar-refractivity contribution in [1.82, 2.24) is 19.5 Å². The quantitative estimate of drug-likeness (QED) is 0.0610. The standard InChI is InChI=1S/C19H23N8O13P3/c1-10(25-26-21)11-4-2-3-5-12(11)19(28)38-13-6-15(27-9-24-16-17(20)22-8-23-18(16)27)37-14(13)7-36-42(32,33)40-43(34,35)39-41(29,30)31/h2-5,8-10,13-15H,6-7H2,1H3,(H,32,33)(H,34,35)(H2,20,22,23)(H2,29,30,31)/t10?,13-,14-,15-/m1/s1. The number of fused-ring (bicyclic) bond motifs is 1. The van der Waals surface area contributed by atoms with Gasteiger partial charge in [-0.3, -0.25) is 9.09 Å². The summed E-state index contributed by atoms with van der Waals surface area (Å²) in [6.07, 6.45) is -1.11. The zero-order chi connectivity index (χ0) is 31.6. The lowest BCUT2D eigenvalue weighted by Gasteiger charge is -2.21. The van der Waals surface area contributed by atoms with E-state index < -0.39 is 60.5 Å². The Balaban J connectivity index is 1.58. The molecule has 4 rings (SSSR count). The molecule has 3 unspecified atom stereocenters. The second-order valence-corrected chi connectivity index (χ2v) is 13.2. The molecule has 24 heteroatoms. The molecule has 0 bridgehead atoms. The van der Waals surface area contributed by atoms with Crippen molar-refractivity contribution in [3.8, 4) is 0 Å². The van der Waals surface area contributed by atoms with Crippen molar-refractivity contribution < 1.29 is 60.7 Å². The van der Waals surface area contributed by atoms with Crippen LogP contribution < -0.4 is 5.73 Å². The van der Waals surface area contributed by atoms with E-state index in [1.54, 1.807) is 25.1 Å². The predicted octanol–water partition coefficient (Wildman–Crippen LogP) is 2.64. The Morgan fingerprint density at radius 3 is 2.60 bits per heavy atom. The summed E-state index contributed by atoms with van der Waals surface area (Å²) in [5.41, 5.74) is 15.5. The first-order valence-corrected chi connectivity index (χ1v) is 16.3. The minimum absolute atomic E-state index is 0.0473. The molecule has 6 atom stereocenters. The molecule has 1 aliphatic rings. The molecule has 21 nitrogen and oxygen atoms in total. The molecule has 0 amide bonds. The van der Waals surface area contributed by atoms with Crippen molar-refractivity contribution in [2.45, 2.75) is 37.8 Å². The van der Waals surface area contributed by atoms with Crippen molar-refractivity contribution in [2.75, 3.05) is 12.3 Å².